The quantitative estimate of drug-likeness (QED) is 0.447. The van der Waals surface area contributed by atoms with Crippen LogP contribution in [-0.4, -0.2) is 67.5 Å². The van der Waals surface area contributed by atoms with Crippen LogP contribution in [-0.2, 0) is 4.74 Å². The molecular formula is C22H29F4N5O2. The van der Waals surface area contributed by atoms with Gasteiger partial charge in [0, 0.05) is 54.8 Å². The van der Waals surface area contributed by atoms with Gasteiger partial charge in [0.1, 0.15) is 6.54 Å². The highest BCUT2D eigenvalue weighted by Gasteiger charge is 2.58. The van der Waals surface area contributed by atoms with Gasteiger partial charge in [-0.3, -0.25) is 9.89 Å². The number of allylic oxidation sites excluding steroid dienone is 1. The number of aliphatic imine (C=N–C) groups is 1. The van der Waals surface area contributed by atoms with Crippen molar-refractivity contribution in [3.05, 3.63) is 23.9 Å². The van der Waals surface area contributed by atoms with Crippen molar-refractivity contribution in [3.8, 4) is 5.75 Å². The van der Waals surface area contributed by atoms with E-state index in [2.05, 4.69) is 19.6 Å². The third kappa shape index (κ3) is 5.75. The summed E-state index contributed by atoms with van der Waals surface area (Å²) in [5.74, 6) is 0.335. The molecule has 7 nitrogen and oxygen atoms in total. The van der Waals surface area contributed by atoms with E-state index in [0.29, 0.717) is 29.2 Å². The summed E-state index contributed by atoms with van der Waals surface area (Å²) in [7, 11) is 0. The van der Waals surface area contributed by atoms with Crippen molar-refractivity contribution in [2.24, 2.45) is 28.5 Å². The lowest BCUT2D eigenvalue weighted by atomic mass is 10.0. The topological polar surface area (TPSA) is 99.0 Å². The average Bonchev–Trinajstić information content (AvgIpc) is 3.38. The van der Waals surface area contributed by atoms with Crippen molar-refractivity contribution in [2.75, 3.05) is 38.6 Å². The van der Waals surface area contributed by atoms with Crippen LogP contribution >= 0.6 is 0 Å². The molecule has 4 rings (SSSR count). The number of rotatable bonds is 8. The standard InChI is InChI=1S/C22H29F4N5O2/c23-19(24)11-29-17(9-16(27)12-6-18(33-22(25)26)21(28)30-10-12)20-14-7-13(8-15(14)20)31-2-1-4-32-5-3-31/h6,9-10,13-15,19-20,22H,1-5,7-8,11,27H2,(H2,28,30)/t13?,14-,15+,20?. The molecular weight excluding hydrogens is 442 g/mol. The molecule has 2 heterocycles. The summed E-state index contributed by atoms with van der Waals surface area (Å²) in [4.78, 5) is 10.5. The second kappa shape index (κ2) is 10.3. The lowest BCUT2D eigenvalue weighted by Gasteiger charge is -2.28. The van der Waals surface area contributed by atoms with Crippen LogP contribution in [0.2, 0.25) is 0 Å². The summed E-state index contributed by atoms with van der Waals surface area (Å²) in [6.45, 7) is -0.212. The van der Waals surface area contributed by atoms with Gasteiger partial charge in [-0.05, 0) is 43.2 Å². The number of halogens is 4. The van der Waals surface area contributed by atoms with Crippen molar-refractivity contribution in [1.29, 1.82) is 0 Å². The second-order valence-corrected chi connectivity index (χ2v) is 8.72. The van der Waals surface area contributed by atoms with Crippen LogP contribution in [0.5, 0.6) is 5.75 Å². The Morgan fingerprint density at radius 2 is 2.00 bits per heavy atom. The molecule has 0 amide bonds. The van der Waals surface area contributed by atoms with E-state index < -0.39 is 19.6 Å². The Kier molecular flexibility index (Phi) is 7.38. The number of alkyl halides is 4. The first-order chi connectivity index (χ1) is 15.8. The zero-order valence-electron chi connectivity index (χ0n) is 18.2. The van der Waals surface area contributed by atoms with Crippen LogP contribution in [0.25, 0.3) is 5.70 Å². The molecule has 1 aromatic heterocycles. The van der Waals surface area contributed by atoms with Crippen molar-refractivity contribution >= 4 is 17.2 Å². The highest BCUT2D eigenvalue weighted by Crippen LogP contribution is 2.59. The number of pyridine rings is 1. The van der Waals surface area contributed by atoms with Crippen molar-refractivity contribution in [2.45, 2.75) is 38.3 Å². The SMILES string of the molecule is NC(=CC(=NCC(F)F)C1[C@H]2CC(N3CCCOCC3)C[C@@H]12)c1cnc(N)c(OC(F)F)c1. The summed E-state index contributed by atoms with van der Waals surface area (Å²) in [5.41, 5.74) is 12.8. The van der Waals surface area contributed by atoms with Gasteiger partial charge in [0.15, 0.2) is 11.6 Å². The average molecular weight is 471 g/mol. The number of fused-ring (bicyclic) bond motifs is 1. The summed E-state index contributed by atoms with van der Waals surface area (Å²) in [5, 5.41) is 0. The third-order valence-corrected chi connectivity index (χ3v) is 6.68. The molecule has 1 saturated heterocycles. The molecule has 0 radical (unpaired) electrons. The molecule has 3 aliphatic rings. The Balaban J connectivity index is 1.48. The van der Waals surface area contributed by atoms with Gasteiger partial charge in [0.25, 0.3) is 6.43 Å². The van der Waals surface area contributed by atoms with Gasteiger partial charge < -0.3 is 20.9 Å². The number of hydrogen-bond donors (Lipinski definition) is 2. The van der Waals surface area contributed by atoms with E-state index in [1.165, 1.54) is 12.3 Å². The van der Waals surface area contributed by atoms with Gasteiger partial charge in [0.05, 0.1) is 6.61 Å². The maximum atomic E-state index is 12.9. The summed E-state index contributed by atoms with van der Waals surface area (Å²) in [6.07, 6.45) is 3.32. The predicted octanol–water partition coefficient (Wildman–Crippen LogP) is 3.02. The molecule has 182 valence electrons. The second-order valence-electron chi connectivity index (χ2n) is 8.72. The number of nitrogen functional groups attached to an aromatic ring is 1. The van der Waals surface area contributed by atoms with Gasteiger partial charge in [-0.15, -0.1) is 0 Å². The van der Waals surface area contributed by atoms with Gasteiger partial charge in [-0.1, -0.05) is 0 Å². The minimum absolute atomic E-state index is 0.0697. The van der Waals surface area contributed by atoms with E-state index >= 15 is 0 Å². The fraction of sp³-hybridized carbons (Fsp3) is 0.636. The van der Waals surface area contributed by atoms with E-state index in [4.69, 9.17) is 16.2 Å². The Bertz CT molecular complexity index is 878. The van der Waals surface area contributed by atoms with E-state index in [-0.39, 0.29) is 23.2 Å². The third-order valence-electron chi connectivity index (χ3n) is 6.68. The molecule has 3 fully saturated rings. The lowest BCUT2D eigenvalue weighted by molar-refractivity contribution is -0.0495. The number of hydrogen-bond acceptors (Lipinski definition) is 7. The van der Waals surface area contributed by atoms with E-state index in [1.54, 1.807) is 6.08 Å². The summed E-state index contributed by atoms with van der Waals surface area (Å²) < 4.78 is 60.9. The number of aromatic nitrogens is 1. The van der Waals surface area contributed by atoms with Crippen LogP contribution in [0, 0.1) is 17.8 Å². The molecule has 2 saturated carbocycles. The molecule has 11 heteroatoms. The molecule has 2 aliphatic carbocycles. The molecule has 1 aliphatic heterocycles. The fourth-order valence-electron chi connectivity index (χ4n) is 5.15. The minimum atomic E-state index is -3.06. The Labute approximate surface area is 189 Å². The van der Waals surface area contributed by atoms with Crippen LogP contribution < -0.4 is 16.2 Å². The molecule has 33 heavy (non-hydrogen) atoms. The summed E-state index contributed by atoms with van der Waals surface area (Å²) >= 11 is 0. The number of nitrogens with two attached hydrogens (primary N) is 2. The van der Waals surface area contributed by atoms with Crippen LogP contribution in [0.3, 0.4) is 0 Å². The predicted molar refractivity (Wildman–Crippen MR) is 116 cm³/mol. The number of ether oxygens (including phenoxy) is 2. The van der Waals surface area contributed by atoms with Crippen molar-refractivity contribution < 1.29 is 27.0 Å². The molecule has 4 atom stereocenters. The first kappa shape index (κ1) is 23.7. The van der Waals surface area contributed by atoms with E-state index in [0.717, 1.165) is 45.6 Å². The highest BCUT2D eigenvalue weighted by molar-refractivity contribution is 6.04. The Morgan fingerprint density at radius 1 is 1.24 bits per heavy atom. The van der Waals surface area contributed by atoms with E-state index in [9.17, 15) is 17.6 Å². The molecule has 4 N–H and O–H groups in total. The molecule has 2 unspecified atom stereocenters. The van der Waals surface area contributed by atoms with Gasteiger partial charge in [0.2, 0.25) is 0 Å². The monoisotopic (exact) mass is 471 g/mol. The van der Waals surface area contributed by atoms with Gasteiger partial charge >= 0.3 is 6.61 Å². The Hall–Kier alpha value is -2.40. The largest absolute Gasteiger partial charge is 0.431 e. The Morgan fingerprint density at radius 3 is 2.70 bits per heavy atom. The fourth-order valence-corrected chi connectivity index (χ4v) is 5.15. The maximum Gasteiger partial charge on any atom is 0.387 e. The van der Waals surface area contributed by atoms with E-state index in [1.807, 2.05) is 0 Å². The van der Waals surface area contributed by atoms with Gasteiger partial charge in [-0.2, -0.15) is 8.78 Å². The first-order valence-corrected chi connectivity index (χ1v) is 11.2. The van der Waals surface area contributed by atoms with Crippen LogP contribution in [0.1, 0.15) is 24.8 Å². The minimum Gasteiger partial charge on any atom is -0.431 e. The lowest BCUT2D eigenvalue weighted by Crippen LogP contribution is -2.37. The molecule has 1 aromatic rings. The zero-order chi connectivity index (χ0) is 23.5. The maximum absolute atomic E-state index is 12.9. The summed E-state index contributed by atoms with van der Waals surface area (Å²) in [6, 6.07) is 1.74. The zero-order valence-corrected chi connectivity index (χ0v) is 18.2. The van der Waals surface area contributed by atoms with Crippen molar-refractivity contribution in [3.63, 3.8) is 0 Å². The number of anilines is 1. The molecule has 0 bridgehead atoms. The number of nitrogens with zero attached hydrogens (tertiary/aromatic N) is 3. The van der Waals surface area contributed by atoms with Crippen LogP contribution in [0.15, 0.2) is 23.3 Å². The van der Waals surface area contributed by atoms with Crippen molar-refractivity contribution in [1.82, 2.24) is 9.88 Å². The smallest absolute Gasteiger partial charge is 0.387 e. The molecule has 0 spiro atoms. The first-order valence-electron chi connectivity index (χ1n) is 11.2. The molecule has 0 aromatic carbocycles. The van der Waals surface area contributed by atoms with Gasteiger partial charge in [-0.25, -0.2) is 13.8 Å². The normalized spacial score (nSPS) is 28.8. The highest BCUT2D eigenvalue weighted by atomic mass is 19.3. The van der Waals surface area contributed by atoms with Crippen LogP contribution in [0.4, 0.5) is 23.4 Å².